The minimum Gasteiger partial charge on any atom is -0.340 e. The Morgan fingerprint density at radius 3 is 2.87 bits per heavy atom. The van der Waals surface area contributed by atoms with Crippen LogP contribution in [-0.4, -0.2) is 65.4 Å². The van der Waals surface area contributed by atoms with E-state index in [1.54, 1.807) is 12.4 Å². The van der Waals surface area contributed by atoms with Gasteiger partial charge in [0.05, 0.1) is 24.0 Å². The van der Waals surface area contributed by atoms with Crippen molar-refractivity contribution >= 4 is 17.5 Å². The molecule has 122 valence electrons. The highest BCUT2D eigenvalue weighted by Crippen LogP contribution is 2.37. The van der Waals surface area contributed by atoms with Gasteiger partial charge in [0.2, 0.25) is 11.8 Å². The topological polar surface area (TPSA) is 56.8 Å². The first-order valence-corrected chi connectivity index (χ1v) is 8.29. The number of likely N-dealkylation sites (tertiary alicyclic amines) is 1. The van der Waals surface area contributed by atoms with E-state index in [1.807, 2.05) is 29.0 Å². The predicted octanol–water partition coefficient (Wildman–Crippen LogP) is 0.741. The van der Waals surface area contributed by atoms with E-state index < -0.39 is 0 Å². The molecular weight excluding hydrogens is 292 g/mol. The van der Waals surface area contributed by atoms with Crippen molar-refractivity contribution in [2.24, 2.45) is 5.92 Å². The summed E-state index contributed by atoms with van der Waals surface area (Å²) in [6.07, 6.45) is 6.45. The predicted molar refractivity (Wildman–Crippen MR) is 85.9 cm³/mol. The number of hydrogen-bond donors (Lipinski definition) is 0. The van der Waals surface area contributed by atoms with E-state index in [1.165, 1.54) is 0 Å². The highest BCUT2D eigenvalue weighted by Gasteiger charge is 2.50. The van der Waals surface area contributed by atoms with Crippen LogP contribution in [0.5, 0.6) is 0 Å². The van der Waals surface area contributed by atoms with Gasteiger partial charge in [0, 0.05) is 31.7 Å². The molecule has 2 amide bonds. The first-order valence-electron chi connectivity index (χ1n) is 8.29. The molecule has 1 aromatic rings. The minimum atomic E-state index is -0.131. The Balaban J connectivity index is 1.56. The Morgan fingerprint density at radius 2 is 2.17 bits per heavy atom. The van der Waals surface area contributed by atoms with Crippen molar-refractivity contribution in [3.05, 3.63) is 24.5 Å². The number of carbonyl (C=O) groups excluding carboxylic acids is 2. The third-order valence-corrected chi connectivity index (χ3v) is 5.46. The molecule has 3 heterocycles. The summed E-state index contributed by atoms with van der Waals surface area (Å²) in [5.74, 6) is 0.660. The van der Waals surface area contributed by atoms with Crippen LogP contribution in [0.2, 0.25) is 0 Å². The van der Waals surface area contributed by atoms with Crippen molar-refractivity contribution in [2.45, 2.75) is 24.8 Å². The van der Waals surface area contributed by atoms with E-state index in [0.29, 0.717) is 19.0 Å². The van der Waals surface area contributed by atoms with Gasteiger partial charge in [-0.15, -0.1) is 0 Å². The molecule has 0 aromatic carbocycles. The maximum atomic E-state index is 12.5. The number of likely N-dealkylation sites (N-methyl/N-ethyl adjacent to an activating group) is 1. The molecule has 0 radical (unpaired) electrons. The SMILES string of the molecule is CN1CC(=O)N(c2cccnc2)CC12CCN(C(=O)C1CC1)C2. The maximum Gasteiger partial charge on any atom is 0.241 e. The van der Waals surface area contributed by atoms with Crippen molar-refractivity contribution in [1.29, 1.82) is 0 Å². The molecule has 4 rings (SSSR count). The average Bonchev–Trinajstić information content (AvgIpc) is 3.32. The molecule has 1 aromatic heterocycles. The fourth-order valence-corrected chi connectivity index (χ4v) is 3.78. The second-order valence-corrected chi connectivity index (χ2v) is 7.06. The second-order valence-electron chi connectivity index (χ2n) is 7.06. The molecule has 6 heteroatoms. The Hall–Kier alpha value is -1.95. The first kappa shape index (κ1) is 14.6. The number of aromatic nitrogens is 1. The number of rotatable bonds is 2. The van der Waals surface area contributed by atoms with E-state index in [-0.39, 0.29) is 17.4 Å². The Kier molecular flexibility index (Phi) is 3.37. The molecule has 2 aliphatic heterocycles. The number of hydrogen-bond acceptors (Lipinski definition) is 4. The number of piperazine rings is 1. The van der Waals surface area contributed by atoms with Gasteiger partial charge in [0.1, 0.15) is 0 Å². The number of nitrogens with zero attached hydrogens (tertiary/aromatic N) is 4. The molecule has 0 N–H and O–H groups in total. The lowest BCUT2D eigenvalue weighted by atomic mass is 9.92. The fourth-order valence-electron chi connectivity index (χ4n) is 3.78. The van der Waals surface area contributed by atoms with Crippen LogP contribution in [0.3, 0.4) is 0 Å². The summed E-state index contributed by atoms with van der Waals surface area (Å²) in [6.45, 7) is 2.54. The van der Waals surface area contributed by atoms with Crippen LogP contribution in [-0.2, 0) is 9.59 Å². The van der Waals surface area contributed by atoms with Crippen molar-refractivity contribution < 1.29 is 9.59 Å². The number of pyridine rings is 1. The Bertz CT molecular complexity index is 631. The Labute approximate surface area is 136 Å². The van der Waals surface area contributed by atoms with Crippen LogP contribution >= 0.6 is 0 Å². The normalized spacial score (nSPS) is 28.7. The first-order chi connectivity index (χ1) is 11.1. The number of anilines is 1. The van der Waals surface area contributed by atoms with Gasteiger partial charge in [-0.2, -0.15) is 0 Å². The summed E-state index contributed by atoms with van der Waals surface area (Å²) < 4.78 is 0. The quantitative estimate of drug-likeness (QED) is 0.808. The summed E-state index contributed by atoms with van der Waals surface area (Å²) in [6, 6.07) is 3.77. The summed E-state index contributed by atoms with van der Waals surface area (Å²) >= 11 is 0. The summed E-state index contributed by atoms with van der Waals surface area (Å²) in [7, 11) is 2.00. The van der Waals surface area contributed by atoms with Gasteiger partial charge in [0.15, 0.2) is 0 Å². The van der Waals surface area contributed by atoms with Gasteiger partial charge in [-0.1, -0.05) is 0 Å². The van der Waals surface area contributed by atoms with Crippen LogP contribution in [0.4, 0.5) is 5.69 Å². The van der Waals surface area contributed by atoms with Gasteiger partial charge < -0.3 is 9.80 Å². The van der Waals surface area contributed by atoms with Crippen LogP contribution in [0.1, 0.15) is 19.3 Å². The molecule has 1 unspecified atom stereocenters. The van der Waals surface area contributed by atoms with Crippen LogP contribution < -0.4 is 4.90 Å². The van der Waals surface area contributed by atoms with Gasteiger partial charge in [-0.3, -0.25) is 19.5 Å². The van der Waals surface area contributed by atoms with E-state index in [4.69, 9.17) is 0 Å². The van der Waals surface area contributed by atoms with Gasteiger partial charge >= 0.3 is 0 Å². The van der Waals surface area contributed by atoms with Crippen LogP contribution in [0, 0.1) is 5.92 Å². The zero-order chi connectivity index (χ0) is 16.0. The molecule has 1 saturated carbocycles. The minimum absolute atomic E-state index is 0.0955. The molecule has 1 aliphatic carbocycles. The molecule has 6 nitrogen and oxygen atoms in total. The van der Waals surface area contributed by atoms with E-state index >= 15 is 0 Å². The fraction of sp³-hybridized carbons (Fsp3) is 0.588. The van der Waals surface area contributed by atoms with E-state index in [0.717, 1.165) is 38.0 Å². The van der Waals surface area contributed by atoms with Crippen molar-refractivity contribution in [3.63, 3.8) is 0 Å². The number of amides is 2. The molecule has 2 saturated heterocycles. The lowest BCUT2D eigenvalue weighted by Crippen LogP contribution is -2.64. The van der Waals surface area contributed by atoms with Crippen molar-refractivity contribution in [3.8, 4) is 0 Å². The zero-order valence-electron chi connectivity index (χ0n) is 13.4. The van der Waals surface area contributed by atoms with Crippen LogP contribution in [0.15, 0.2) is 24.5 Å². The largest absolute Gasteiger partial charge is 0.340 e. The molecule has 1 spiro atoms. The molecule has 1 atom stereocenters. The molecule has 23 heavy (non-hydrogen) atoms. The third-order valence-electron chi connectivity index (χ3n) is 5.46. The monoisotopic (exact) mass is 314 g/mol. The van der Waals surface area contributed by atoms with Crippen molar-refractivity contribution in [1.82, 2.24) is 14.8 Å². The second kappa shape index (κ2) is 5.30. The van der Waals surface area contributed by atoms with Gasteiger partial charge in [-0.25, -0.2) is 0 Å². The third kappa shape index (κ3) is 2.51. The summed E-state index contributed by atoms with van der Waals surface area (Å²) in [5.41, 5.74) is 0.714. The van der Waals surface area contributed by atoms with E-state index in [9.17, 15) is 9.59 Å². The lowest BCUT2D eigenvalue weighted by molar-refractivity contribution is -0.132. The van der Waals surface area contributed by atoms with Gasteiger partial charge in [0.25, 0.3) is 0 Å². The van der Waals surface area contributed by atoms with Crippen LogP contribution in [0.25, 0.3) is 0 Å². The zero-order valence-corrected chi connectivity index (χ0v) is 13.4. The standard InChI is InChI=1S/C17H22N4O2/c1-19-10-15(22)21(14-3-2-7-18-9-14)12-17(19)6-8-20(11-17)16(23)13-4-5-13/h2-3,7,9,13H,4-6,8,10-12H2,1H3. The highest BCUT2D eigenvalue weighted by atomic mass is 16.2. The summed E-state index contributed by atoms with van der Waals surface area (Å²) in [5, 5.41) is 0. The molecular formula is C17H22N4O2. The average molecular weight is 314 g/mol. The maximum absolute atomic E-state index is 12.5. The van der Waals surface area contributed by atoms with E-state index in [2.05, 4.69) is 9.88 Å². The Morgan fingerprint density at radius 1 is 1.35 bits per heavy atom. The summed E-state index contributed by atoms with van der Waals surface area (Å²) in [4.78, 5) is 34.9. The number of carbonyl (C=O) groups is 2. The smallest absolute Gasteiger partial charge is 0.241 e. The van der Waals surface area contributed by atoms with Gasteiger partial charge in [-0.05, 0) is 38.4 Å². The molecule has 3 aliphatic rings. The molecule has 0 bridgehead atoms. The molecule has 3 fully saturated rings. The highest BCUT2D eigenvalue weighted by molar-refractivity contribution is 5.96. The van der Waals surface area contributed by atoms with Crippen molar-refractivity contribution in [2.75, 3.05) is 38.1 Å². The lowest BCUT2D eigenvalue weighted by Gasteiger charge is -2.46.